The number of rotatable bonds is 4. The van der Waals surface area contributed by atoms with Gasteiger partial charge in [-0.2, -0.15) is 4.68 Å². The Balaban J connectivity index is 1.60. The zero-order chi connectivity index (χ0) is 22.6. The molecule has 2 heterocycles. The first-order valence-corrected chi connectivity index (χ1v) is 10.9. The Kier molecular flexibility index (Phi) is 5.14. The Morgan fingerprint density at radius 2 is 1.88 bits per heavy atom. The van der Waals surface area contributed by atoms with E-state index in [9.17, 15) is 24.2 Å². The number of nitrogens with zero attached hydrogens (tertiary/aromatic N) is 3. The second-order valence-corrected chi connectivity index (χ2v) is 8.81. The molecule has 2 atom stereocenters. The summed E-state index contributed by atoms with van der Waals surface area (Å²) in [5, 5.41) is 24.5. The van der Waals surface area contributed by atoms with E-state index in [2.05, 4.69) is 5.10 Å². The van der Waals surface area contributed by atoms with Gasteiger partial charge in [0.25, 0.3) is 5.91 Å². The Labute approximate surface area is 188 Å². The number of carbonyl (C=O) groups excluding carboxylic acids is 1. The van der Waals surface area contributed by atoms with Crippen molar-refractivity contribution in [3.8, 4) is 0 Å². The van der Waals surface area contributed by atoms with E-state index in [1.54, 1.807) is 17.0 Å². The molecule has 0 radical (unpaired) electrons. The van der Waals surface area contributed by atoms with E-state index in [0.29, 0.717) is 16.1 Å². The lowest BCUT2D eigenvalue weighted by molar-refractivity contribution is -0.146. The summed E-state index contributed by atoms with van der Waals surface area (Å²) in [4.78, 5) is 26.6. The first-order valence-electron chi connectivity index (χ1n) is 10.5. The lowest BCUT2D eigenvalue weighted by atomic mass is 9.94. The SMILES string of the molecule is O=C(O)[C@H]1CCN(c2nn(C(=O)c3c(Cl)cccc3C3CC3)c3cccc(F)c23)C[C@@H]1O. The Morgan fingerprint density at radius 1 is 1.12 bits per heavy atom. The summed E-state index contributed by atoms with van der Waals surface area (Å²) >= 11 is 6.41. The lowest BCUT2D eigenvalue weighted by Gasteiger charge is -2.34. The van der Waals surface area contributed by atoms with E-state index in [1.165, 1.54) is 12.1 Å². The van der Waals surface area contributed by atoms with Crippen LogP contribution in [-0.4, -0.2) is 51.1 Å². The van der Waals surface area contributed by atoms with Crippen LogP contribution < -0.4 is 4.90 Å². The molecule has 166 valence electrons. The summed E-state index contributed by atoms with van der Waals surface area (Å²) < 4.78 is 16.1. The number of carbonyl (C=O) groups is 2. The summed E-state index contributed by atoms with van der Waals surface area (Å²) in [6, 6.07) is 9.76. The van der Waals surface area contributed by atoms with Crippen molar-refractivity contribution in [2.24, 2.45) is 5.92 Å². The fourth-order valence-electron chi connectivity index (χ4n) is 4.50. The van der Waals surface area contributed by atoms with Gasteiger partial charge in [0, 0.05) is 13.1 Å². The molecule has 1 saturated carbocycles. The normalized spacial score (nSPS) is 21.2. The number of piperidine rings is 1. The summed E-state index contributed by atoms with van der Waals surface area (Å²) in [5.74, 6) is -2.48. The van der Waals surface area contributed by atoms with E-state index in [1.807, 2.05) is 12.1 Å². The molecule has 2 N–H and O–H groups in total. The third-order valence-corrected chi connectivity index (χ3v) is 6.62. The minimum Gasteiger partial charge on any atom is -0.481 e. The van der Waals surface area contributed by atoms with Crippen molar-refractivity contribution >= 4 is 40.2 Å². The first kappa shape index (κ1) is 20.9. The highest BCUT2D eigenvalue weighted by molar-refractivity contribution is 6.34. The third-order valence-electron chi connectivity index (χ3n) is 6.31. The number of fused-ring (bicyclic) bond motifs is 1. The zero-order valence-corrected chi connectivity index (χ0v) is 17.8. The number of anilines is 1. The number of hydrogen-bond donors (Lipinski definition) is 2. The predicted molar refractivity (Wildman–Crippen MR) is 117 cm³/mol. The zero-order valence-electron chi connectivity index (χ0n) is 17.0. The van der Waals surface area contributed by atoms with Crippen LogP contribution in [0.5, 0.6) is 0 Å². The van der Waals surface area contributed by atoms with Crippen LogP contribution in [0.15, 0.2) is 36.4 Å². The van der Waals surface area contributed by atoms with Gasteiger partial charge in [-0.05, 0) is 48.9 Å². The molecule has 2 aliphatic rings. The molecule has 0 unspecified atom stereocenters. The molecule has 3 aromatic rings. The first-order chi connectivity index (χ1) is 15.4. The number of aliphatic hydroxyl groups excluding tert-OH is 1. The Hall–Kier alpha value is -2.97. The van der Waals surface area contributed by atoms with Crippen molar-refractivity contribution in [2.45, 2.75) is 31.3 Å². The highest BCUT2D eigenvalue weighted by Gasteiger charge is 2.36. The third kappa shape index (κ3) is 3.43. The van der Waals surface area contributed by atoms with Gasteiger partial charge in [-0.25, -0.2) is 4.39 Å². The standard InChI is InChI=1S/C23H21ClFN3O4/c24-15-4-1-3-13(12-7-8-12)19(15)22(30)28-17-6-2-5-16(25)20(17)21(26-28)27-10-9-14(23(31)32)18(29)11-27/h1-6,12,14,18,29H,7-11H2,(H,31,32)/t14-,18-/m0/s1. The minimum absolute atomic E-state index is 0.0228. The molecule has 0 bridgehead atoms. The fourth-order valence-corrected chi connectivity index (χ4v) is 4.77. The molecule has 9 heteroatoms. The number of aliphatic hydroxyl groups is 1. The summed E-state index contributed by atoms with van der Waals surface area (Å²) in [7, 11) is 0. The van der Waals surface area contributed by atoms with Crippen LogP contribution in [0.1, 0.15) is 41.1 Å². The second-order valence-electron chi connectivity index (χ2n) is 8.40. The van der Waals surface area contributed by atoms with Gasteiger partial charge in [-0.3, -0.25) is 9.59 Å². The molecule has 7 nitrogen and oxygen atoms in total. The highest BCUT2D eigenvalue weighted by Crippen LogP contribution is 2.43. The topological polar surface area (TPSA) is 95.7 Å². The van der Waals surface area contributed by atoms with Gasteiger partial charge in [0.2, 0.25) is 0 Å². The highest BCUT2D eigenvalue weighted by atomic mass is 35.5. The lowest BCUT2D eigenvalue weighted by Crippen LogP contribution is -2.47. The molecule has 2 fully saturated rings. The molecular weight excluding hydrogens is 437 g/mol. The number of hydrogen-bond acceptors (Lipinski definition) is 5. The number of carboxylic acid groups (broad SMARTS) is 1. The van der Waals surface area contributed by atoms with E-state index in [0.717, 1.165) is 23.1 Å². The summed E-state index contributed by atoms with van der Waals surface area (Å²) in [5.41, 5.74) is 1.52. The van der Waals surface area contributed by atoms with Crippen LogP contribution in [0, 0.1) is 11.7 Å². The van der Waals surface area contributed by atoms with Crippen LogP contribution in [0.4, 0.5) is 10.2 Å². The van der Waals surface area contributed by atoms with E-state index < -0.39 is 29.7 Å². The second kappa shape index (κ2) is 7.86. The largest absolute Gasteiger partial charge is 0.481 e. The fraction of sp³-hybridized carbons (Fsp3) is 0.348. The van der Waals surface area contributed by atoms with Crippen LogP contribution in [0.3, 0.4) is 0 Å². The van der Waals surface area contributed by atoms with Gasteiger partial charge in [-0.1, -0.05) is 29.8 Å². The molecule has 1 aromatic heterocycles. The maximum atomic E-state index is 14.9. The molecule has 0 amide bonds. The quantitative estimate of drug-likeness (QED) is 0.620. The smallest absolute Gasteiger partial charge is 0.309 e. The van der Waals surface area contributed by atoms with E-state index in [4.69, 9.17) is 11.6 Å². The van der Waals surface area contributed by atoms with Gasteiger partial charge >= 0.3 is 5.97 Å². The molecule has 1 aliphatic carbocycles. The van der Waals surface area contributed by atoms with Crippen molar-refractivity contribution in [1.29, 1.82) is 0 Å². The molecule has 32 heavy (non-hydrogen) atoms. The van der Waals surface area contributed by atoms with Crippen molar-refractivity contribution in [2.75, 3.05) is 18.0 Å². The molecular formula is C23H21ClFN3O4. The van der Waals surface area contributed by atoms with Crippen LogP contribution in [0.2, 0.25) is 5.02 Å². The molecule has 1 saturated heterocycles. The van der Waals surface area contributed by atoms with Crippen LogP contribution in [0.25, 0.3) is 10.9 Å². The molecule has 0 spiro atoms. The Bertz CT molecular complexity index is 1240. The van der Waals surface area contributed by atoms with Gasteiger partial charge in [0.1, 0.15) is 5.82 Å². The van der Waals surface area contributed by atoms with E-state index in [-0.39, 0.29) is 36.6 Å². The number of β-amino-alcohol motifs (C(OH)–C–C–N with tert-alkyl or cyclic N) is 1. The van der Waals surface area contributed by atoms with Crippen molar-refractivity contribution in [1.82, 2.24) is 9.78 Å². The van der Waals surface area contributed by atoms with Gasteiger partial charge in [-0.15, -0.1) is 5.10 Å². The van der Waals surface area contributed by atoms with Crippen molar-refractivity contribution < 1.29 is 24.2 Å². The van der Waals surface area contributed by atoms with Gasteiger partial charge in [0.05, 0.1) is 33.5 Å². The van der Waals surface area contributed by atoms with Crippen LogP contribution in [-0.2, 0) is 4.79 Å². The van der Waals surface area contributed by atoms with E-state index >= 15 is 0 Å². The summed E-state index contributed by atoms with van der Waals surface area (Å²) in [6.45, 7) is 0.243. The van der Waals surface area contributed by atoms with Gasteiger partial charge in [0.15, 0.2) is 5.82 Å². The maximum Gasteiger partial charge on any atom is 0.309 e. The number of aliphatic carboxylic acids is 1. The van der Waals surface area contributed by atoms with Crippen LogP contribution >= 0.6 is 11.6 Å². The number of aromatic nitrogens is 2. The number of halogens is 2. The number of carboxylic acids is 1. The average Bonchev–Trinajstić information content (AvgIpc) is 3.53. The molecule has 2 aromatic carbocycles. The number of benzene rings is 2. The predicted octanol–water partition coefficient (Wildman–Crippen LogP) is 3.67. The maximum absolute atomic E-state index is 14.9. The monoisotopic (exact) mass is 457 g/mol. The molecule has 5 rings (SSSR count). The average molecular weight is 458 g/mol. The molecule has 1 aliphatic heterocycles. The Morgan fingerprint density at radius 3 is 2.56 bits per heavy atom. The van der Waals surface area contributed by atoms with Crippen molar-refractivity contribution in [3.63, 3.8) is 0 Å². The minimum atomic E-state index is -1.13. The van der Waals surface area contributed by atoms with Crippen molar-refractivity contribution in [3.05, 3.63) is 58.4 Å². The summed E-state index contributed by atoms with van der Waals surface area (Å²) in [6.07, 6.45) is 1.02. The van der Waals surface area contributed by atoms with Gasteiger partial charge < -0.3 is 15.1 Å².